The van der Waals surface area contributed by atoms with Gasteiger partial charge in [-0.3, -0.25) is 0 Å². The zero-order chi connectivity index (χ0) is 13.1. The minimum absolute atomic E-state index is 0.282. The van der Waals surface area contributed by atoms with E-state index in [9.17, 15) is 0 Å². The zero-order valence-corrected chi connectivity index (χ0v) is 11.9. The standard InChI is InChI=1S/C10H13N5OS2/c1-6-4-7(15(2)3)12-9(11-6)18-5-8-13-14-10(17)16-8/h4H,5H2,1-3H3,(H,14,17). The minimum Gasteiger partial charge on any atom is -0.413 e. The first-order valence-corrected chi connectivity index (χ1v) is 6.64. The largest absolute Gasteiger partial charge is 0.413 e. The first-order valence-electron chi connectivity index (χ1n) is 5.25. The van der Waals surface area contributed by atoms with Crippen LogP contribution in [0.3, 0.4) is 0 Å². The summed E-state index contributed by atoms with van der Waals surface area (Å²) in [6.45, 7) is 1.94. The van der Waals surface area contributed by atoms with Gasteiger partial charge in [0.15, 0.2) is 5.16 Å². The van der Waals surface area contributed by atoms with E-state index in [1.807, 2.05) is 32.0 Å². The number of nitrogens with zero attached hydrogens (tertiary/aromatic N) is 4. The van der Waals surface area contributed by atoms with Crippen LogP contribution in [0, 0.1) is 11.8 Å². The molecule has 0 aliphatic rings. The Morgan fingerprint density at radius 1 is 1.44 bits per heavy atom. The van der Waals surface area contributed by atoms with Crippen LogP contribution in [0.25, 0.3) is 0 Å². The van der Waals surface area contributed by atoms with Crippen molar-refractivity contribution in [1.29, 1.82) is 0 Å². The number of thioether (sulfide) groups is 1. The molecule has 0 aliphatic heterocycles. The van der Waals surface area contributed by atoms with Gasteiger partial charge in [-0.2, -0.15) is 0 Å². The molecule has 6 nitrogen and oxygen atoms in total. The lowest BCUT2D eigenvalue weighted by atomic mass is 10.4. The molecule has 0 aromatic carbocycles. The predicted octanol–water partition coefficient (Wildman–Crippen LogP) is 2.19. The summed E-state index contributed by atoms with van der Waals surface area (Å²) in [6, 6.07) is 1.93. The molecule has 1 N–H and O–H groups in total. The quantitative estimate of drug-likeness (QED) is 0.524. The van der Waals surface area contributed by atoms with Crippen molar-refractivity contribution in [2.75, 3.05) is 19.0 Å². The molecule has 0 spiro atoms. The Kier molecular flexibility index (Phi) is 3.97. The Labute approximate surface area is 114 Å². The number of anilines is 1. The fourth-order valence-electron chi connectivity index (χ4n) is 1.27. The van der Waals surface area contributed by atoms with E-state index in [1.54, 1.807) is 0 Å². The summed E-state index contributed by atoms with van der Waals surface area (Å²) in [5.74, 6) is 1.97. The van der Waals surface area contributed by atoms with E-state index in [0.717, 1.165) is 11.5 Å². The van der Waals surface area contributed by atoms with E-state index in [4.69, 9.17) is 16.6 Å². The number of H-pyrrole nitrogens is 1. The minimum atomic E-state index is 0.282. The van der Waals surface area contributed by atoms with Crippen molar-refractivity contribution < 1.29 is 4.42 Å². The number of hydrogen-bond donors (Lipinski definition) is 1. The maximum Gasteiger partial charge on any atom is 0.284 e. The van der Waals surface area contributed by atoms with Crippen LogP contribution in [0.1, 0.15) is 11.6 Å². The molecule has 2 rings (SSSR count). The molecule has 2 aromatic rings. The third kappa shape index (κ3) is 3.30. The van der Waals surface area contributed by atoms with Crippen molar-refractivity contribution >= 4 is 29.8 Å². The molecule has 0 amide bonds. The van der Waals surface area contributed by atoms with Crippen LogP contribution in [0.5, 0.6) is 0 Å². The van der Waals surface area contributed by atoms with Gasteiger partial charge in [-0.15, -0.1) is 5.10 Å². The van der Waals surface area contributed by atoms with Gasteiger partial charge >= 0.3 is 0 Å². The SMILES string of the molecule is Cc1cc(N(C)C)nc(SCc2n[nH]c(=S)o2)n1. The maximum atomic E-state index is 5.17. The molecule has 96 valence electrons. The second-order valence-electron chi connectivity index (χ2n) is 3.84. The van der Waals surface area contributed by atoms with Crippen LogP contribution in [0.4, 0.5) is 5.82 Å². The Morgan fingerprint density at radius 3 is 2.83 bits per heavy atom. The molecule has 0 bridgehead atoms. The lowest BCUT2D eigenvalue weighted by Crippen LogP contribution is -2.11. The number of hydrogen-bond acceptors (Lipinski definition) is 7. The highest BCUT2D eigenvalue weighted by Crippen LogP contribution is 2.21. The summed E-state index contributed by atoms with van der Waals surface area (Å²) in [5.41, 5.74) is 0.930. The van der Waals surface area contributed by atoms with Gasteiger partial charge in [-0.25, -0.2) is 15.1 Å². The molecule has 0 radical (unpaired) electrons. The van der Waals surface area contributed by atoms with Gasteiger partial charge in [0.05, 0.1) is 5.75 Å². The smallest absolute Gasteiger partial charge is 0.284 e. The van der Waals surface area contributed by atoms with Crippen LogP contribution in [-0.2, 0) is 5.75 Å². The van der Waals surface area contributed by atoms with Crippen molar-refractivity contribution in [2.24, 2.45) is 0 Å². The third-order valence-corrected chi connectivity index (χ3v) is 3.09. The van der Waals surface area contributed by atoms with Gasteiger partial charge < -0.3 is 9.32 Å². The molecule has 0 saturated carbocycles. The molecule has 2 heterocycles. The predicted molar refractivity (Wildman–Crippen MR) is 72.3 cm³/mol. The monoisotopic (exact) mass is 283 g/mol. The van der Waals surface area contributed by atoms with Crippen LogP contribution in [0.2, 0.25) is 0 Å². The van der Waals surface area contributed by atoms with Crippen molar-refractivity contribution in [3.05, 3.63) is 22.5 Å². The number of nitrogens with one attached hydrogen (secondary N) is 1. The fourth-order valence-corrected chi connectivity index (χ4v) is 2.15. The van der Waals surface area contributed by atoms with Gasteiger partial charge in [0, 0.05) is 25.9 Å². The second-order valence-corrected chi connectivity index (χ2v) is 5.15. The zero-order valence-electron chi connectivity index (χ0n) is 10.3. The highest BCUT2D eigenvalue weighted by molar-refractivity contribution is 7.98. The number of aromatic nitrogens is 4. The van der Waals surface area contributed by atoms with Crippen molar-refractivity contribution in [3.8, 4) is 0 Å². The Morgan fingerprint density at radius 2 is 2.22 bits per heavy atom. The first kappa shape index (κ1) is 13.0. The number of rotatable bonds is 4. The van der Waals surface area contributed by atoms with E-state index in [2.05, 4.69) is 20.2 Å². The van der Waals surface area contributed by atoms with E-state index < -0.39 is 0 Å². The average molecular weight is 283 g/mol. The van der Waals surface area contributed by atoms with E-state index in [1.165, 1.54) is 11.8 Å². The van der Waals surface area contributed by atoms with Gasteiger partial charge in [-0.05, 0) is 19.1 Å². The van der Waals surface area contributed by atoms with Crippen LogP contribution in [0.15, 0.2) is 15.6 Å². The molecule has 0 atom stereocenters. The van der Waals surface area contributed by atoms with Gasteiger partial charge in [0.2, 0.25) is 5.89 Å². The molecule has 0 saturated heterocycles. The normalized spacial score (nSPS) is 10.6. The van der Waals surface area contributed by atoms with Crippen molar-refractivity contribution in [3.63, 3.8) is 0 Å². The molecule has 0 unspecified atom stereocenters. The number of aryl methyl sites for hydroxylation is 1. The lowest BCUT2D eigenvalue weighted by molar-refractivity contribution is 0.500. The molecular weight excluding hydrogens is 270 g/mol. The fraction of sp³-hybridized carbons (Fsp3) is 0.400. The summed E-state index contributed by atoms with van der Waals surface area (Å²) < 4.78 is 5.17. The number of aromatic amines is 1. The molecule has 8 heteroatoms. The van der Waals surface area contributed by atoms with Gasteiger partial charge in [0.1, 0.15) is 5.82 Å². The van der Waals surface area contributed by atoms with E-state index in [0.29, 0.717) is 16.8 Å². The third-order valence-electron chi connectivity index (χ3n) is 2.09. The van der Waals surface area contributed by atoms with Crippen LogP contribution >= 0.6 is 24.0 Å². The molecule has 0 aliphatic carbocycles. The molecule has 0 fully saturated rings. The van der Waals surface area contributed by atoms with Crippen LogP contribution in [-0.4, -0.2) is 34.3 Å². The van der Waals surface area contributed by atoms with Gasteiger partial charge in [-0.1, -0.05) is 11.8 Å². The highest BCUT2D eigenvalue weighted by Gasteiger charge is 2.07. The lowest BCUT2D eigenvalue weighted by Gasteiger charge is -2.12. The second kappa shape index (κ2) is 5.49. The van der Waals surface area contributed by atoms with E-state index in [-0.39, 0.29) is 4.84 Å². The Bertz CT molecular complexity index is 592. The van der Waals surface area contributed by atoms with E-state index >= 15 is 0 Å². The summed E-state index contributed by atoms with van der Waals surface area (Å²) in [7, 11) is 3.89. The molecular formula is C10H13N5OS2. The Hall–Kier alpha value is -1.41. The average Bonchev–Trinajstić information content (AvgIpc) is 2.72. The maximum absolute atomic E-state index is 5.17. The summed E-state index contributed by atoms with van der Waals surface area (Å²) in [5, 5.41) is 7.21. The topological polar surface area (TPSA) is 70.8 Å². The summed E-state index contributed by atoms with van der Waals surface area (Å²) in [6.07, 6.45) is 0. The summed E-state index contributed by atoms with van der Waals surface area (Å²) in [4.78, 5) is 11.0. The van der Waals surface area contributed by atoms with Crippen LogP contribution < -0.4 is 4.90 Å². The van der Waals surface area contributed by atoms with Gasteiger partial charge in [0.25, 0.3) is 4.84 Å². The first-order chi connectivity index (χ1) is 8.54. The Balaban J connectivity index is 2.11. The highest BCUT2D eigenvalue weighted by atomic mass is 32.2. The molecule has 2 aromatic heterocycles. The van der Waals surface area contributed by atoms with Crippen molar-refractivity contribution in [2.45, 2.75) is 17.8 Å². The molecule has 18 heavy (non-hydrogen) atoms. The van der Waals surface area contributed by atoms with Crippen molar-refractivity contribution in [1.82, 2.24) is 20.2 Å². The summed E-state index contributed by atoms with van der Waals surface area (Å²) >= 11 is 6.27.